The summed E-state index contributed by atoms with van der Waals surface area (Å²) in [6, 6.07) is 5.25. The van der Waals surface area contributed by atoms with Gasteiger partial charge < -0.3 is 9.47 Å². The van der Waals surface area contributed by atoms with Crippen LogP contribution in [0.4, 0.5) is 13.2 Å². The minimum atomic E-state index is -4.52. The predicted octanol–water partition coefficient (Wildman–Crippen LogP) is 2.99. The van der Waals surface area contributed by atoms with Gasteiger partial charge in [-0.15, -0.1) is 0 Å². The largest absolute Gasteiger partial charge is 0.496 e. The first-order valence-corrected chi connectivity index (χ1v) is 6.18. The van der Waals surface area contributed by atoms with E-state index >= 15 is 0 Å². The summed E-state index contributed by atoms with van der Waals surface area (Å²) >= 11 is 0. The smallest absolute Gasteiger partial charge is 0.435 e. The lowest BCUT2D eigenvalue weighted by Gasteiger charge is -2.10. The monoisotopic (exact) mass is 314 g/mol. The van der Waals surface area contributed by atoms with Crippen molar-refractivity contribution in [3.8, 4) is 11.4 Å². The Hall–Kier alpha value is -2.51. The highest BCUT2D eigenvalue weighted by Crippen LogP contribution is 2.30. The highest BCUT2D eigenvalue weighted by Gasteiger charge is 2.34. The SMILES string of the molecule is COC(=O)c1ccc(-n2nc(C(F)(F)F)cc2C)cc1OC. The number of ether oxygens (including phenoxy) is 2. The molecule has 0 bridgehead atoms. The number of benzene rings is 1. The summed E-state index contributed by atoms with van der Waals surface area (Å²) in [6.45, 7) is 1.50. The van der Waals surface area contributed by atoms with E-state index in [1.807, 2.05) is 0 Å². The van der Waals surface area contributed by atoms with E-state index in [9.17, 15) is 18.0 Å². The molecule has 0 amide bonds. The highest BCUT2D eigenvalue weighted by molar-refractivity contribution is 5.92. The lowest BCUT2D eigenvalue weighted by Crippen LogP contribution is -2.08. The van der Waals surface area contributed by atoms with Gasteiger partial charge >= 0.3 is 12.1 Å². The van der Waals surface area contributed by atoms with Gasteiger partial charge in [0.2, 0.25) is 0 Å². The number of methoxy groups -OCH3 is 2. The number of aryl methyl sites for hydroxylation is 1. The van der Waals surface area contributed by atoms with Crippen molar-refractivity contribution in [3.05, 3.63) is 41.2 Å². The van der Waals surface area contributed by atoms with Crippen molar-refractivity contribution in [1.29, 1.82) is 0 Å². The van der Waals surface area contributed by atoms with Crippen molar-refractivity contribution < 1.29 is 27.4 Å². The topological polar surface area (TPSA) is 53.4 Å². The number of aromatic nitrogens is 2. The van der Waals surface area contributed by atoms with E-state index in [1.54, 1.807) is 0 Å². The first-order chi connectivity index (χ1) is 10.3. The highest BCUT2D eigenvalue weighted by atomic mass is 19.4. The van der Waals surface area contributed by atoms with Gasteiger partial charge in [-0.25, -0.2) is 9.48 Å². The molecule has 5 nitrogen and oxygen atoms in total. The van der Waals surface area contributed by atoms with Gasteiger partial charge in [-0.3, -0.25) is 0 Å². The first-order valence-electron chi connectivity index (χ1n) is 6.18. The van der Waals surface area contributed by atoms with Crippen molar-refractivity contribution in [2.45, 2.75) is 13.1 Å². The van der Waals surface area contributed by atoms with Crippen LogP contribution in [0.2, 0.25) is 0 Å². The minimum absolute atomic E-state index is 0.176. The minimum Gasteiger partial charge on any atom is -0.496 e. The Labute approximate surface area is 124 Å². The molecule has 0 radical (unpaired) electrons. The van der Waals surface area contributed by atoms with Crippen molar-refractivity contribution in [1.82, 2.24) is 9.78 Å². The van der Waals surface area contributed by atoms with E-state index in [4.69, 9.17) is 4.74 Å². The molecule has 8 heteroatoms. The number of rotatable bonds is 3. The molecule has 1 heterocycles. The van der Waals surface area contributed by atoms with Crippen LogP contribution in [0.5, 0.6) is 5.75 Å². The second-order valence-electron chi connectivity index (χ2n) is 4.46. The molecule has 0 aliphatic carbocycles. The molecule has 0 unspecified atom stereocenters. The molecule has 0 fully saturated rings. The van der Waals surface area contributed by atoms with E-state index in [1.165, 1.54) is 39.3 Å². The molecule has 0 saturated heterocycles. The van der Waals surface area contributed by atoms with Crippen molar-refractivity contribution >= 4 is 5.97 Å². The average molecular weight is 314 g/mol. The van der Waals surface area contributed by atoms with Crippen molar-refractivity contribution in [2.24, 2.45) is 0 Å². The maximum atomic E-state index is 12.7. The lowest BCUT2D eigenvalue weighted by atomic mass is 10.2. The van der Waals surface area contributed by atoms with Crippen LogP contribution in [0.15, 0.2) is 24.3 Å². The second kappa shape index (κ2) is 5.70. The van der Waals surface area contributed by atoms with Gasteiger partial charge in [-0.2, -0.15) is 18.3 Å². The molecule has 0 aliphatic heterocycles. The Morgan fingerprint density at radius 3 is 2.41 bits per heavy atom. The number of halogens is 3. The van der Waals surface area contributed by atoms with Gasteiger partial charge in [0.15, 0.2) is 5.69 Å². The number of nitrogens with zero attached hydrogens (tertiary/aromatic N) is 2. The molecular weight excluding hydrogens is 301 g/mol. The zero-order chi connectivity index (χ0) is 16.5. The van der Waals surface area contributed by atoms with E-state index in [0.717, 1.165) is 10.7 Å². The fraction of sp³-hybridized carbons (Fsp3) is 0.286. The van der Waals surface area contributed by atoms with E-state index < -0.39 is 17.8 Å². The maximum absolute atomic E-state index is 12.7. The Morgan fingerprint density at radius 2 is 1.91 bits per heavy atom. The molecule has 118 valence electrons. The number of alkyl halides is 3. The van der Waals surface area contributed by atoms with Crippen LogP contribution in [-0.2, 0) is 10.9 Å². The molecule has 2 aromatic rings. The number of hydrogen-bond acceptors (Lipinski definition) is 4. The number of esters is 1. The van der Waals surface area contributed by atoms with E-state index in [-0.39, 0.29) is 11.3 Å². The second-order valence-corrected chi connectivity index (χ2v) is 4.46. The molecule has 0 aliphatic rings. The van der Waals surface area contributed by atoms with Crippen LogP contribution in [0.25, 0.3) is 5.69 Å². The Kier molecular flexibility index (Phi) is 4.11. The van der Waals surface area contributed by atoms with Gasteiger partial charge in [-0.1, -0.05) is 0 Å². The summed E-state index contributed by atoms with van der Waals surface area (Å²) in [5.41, 5.74) is -0.159. The normalized spacial score (nSPS) is 11.4. The van der Waals surface area contributed by atoms with Crippen LogP contribution in [0, 0.1) is 6.92 Å². The third-order valence-electron chi connectivity index (χ3n) is 3.01. The third kappa shape index (κ3) is 2.90. The fourth-order valence-electron chi connectivity index (χ4n) is 1.96. The molecule has 1 aromatic heterocycles. The number of carbonyl (C=O) groups is 1. The summed E-state index contributed by atoms with van der Waals surface area (Å²) in [5.74, 6) is -0.413. The van der Waals surface area contributed by atoms with Crippen molar-refractivity contribution in [2.75, 3.05) is 14.2 Å². The predicted molar refractivity (Wildman–Crippen MR) is 71.2 cm³/mol. The van der Waals surface area contributed by atoms with Gasteiger partial charge in [0.1, 0.15) is 11.3 Å². The fourth-order valence-corrected chi connectivity index (χ4v) is 1.96. The van der Waals surface area contributed by atoms with Crippen LogP contribution < -0.4 is 4.74 Å². The average Bonchev–Trinajstić information content (AvgIpc) is 2.88. The molecule has 1 aromatic carbocycles. The van der Waals surface area contributed by atoms with Crippen LogP contribution in [0.3, 0.4) is 0 Å². The number of hydrogen-bond donors (Lipinski definition) is 0. The molecule has 0 saturated carbocycles. The molecule has 22 heavy (non-hydrogen) atoms. The quantitative estimate of drug-likeness (QED) is 0.817. The van der Waals surface area contributed by atoms with Crippen molar-refractivity contribution in [3.63, 3.8) is 0 Å². The van der Waals surface area contributed by atoms with Gasteiger partial charge in [0, 0.05) is 11.8 Å². The Balaban J connectivity index is 2.50. The molecule has 0 atom stereocenters. The zero-order valence-electron chi connectivity index (χ0n) is 12.1. The summed E-state index contributed by atoms with van der Waals surface area (Å²) in [4.78, 5) is 11.6. The van der Waals surface area contributed by atoms with Gasteiger partial charge in [0.25, 0.3) is 0 Å². The molecule has 2 rings (SSSR count). The maximum Gasteiger partial charge on any atom is 0.435 e. The summed E-state index contributed by atoms with van der Waals surface area (Å²) < 4.78 is 48.9. The van der Waals surface area contributed by atoms with Gasteiger partial charge in [-0.05, 0) is 25.1 Å². The Morgan fingerprint density at radius 1 is 1.23 bits per heavy atom. The van der Waals surface area contributed by atoms with Crippen LogP contribution >= 0.6 is 0 Å². The molecule has 0 N–H and O–H groups in total. The first kappa shape index (κ1) is 15.9. The van der Waals surface area contributed by atoms with E-state index in [0.29, 0.717) is 11.4 Å². The lowest BCUT2D eigenvalue weighted by molar-refractivity contribution is -0.141. The van der Waals surface area contributed by atoms with Crippen LogP contribution in [-0.4, -0.2) is 30.0 Å². The molecule has 0 spiro atoms. The zero-order valence-corrected chi connectivity index (χ0v) is 12.1. The summed E-state index contributed by atoms with van der Waals surface area (Å²) in [7, 11) is 2.57. The standard InChI is InChI=1S/C14H13F3N2O3/c1-8-6-12(14(15,16)17)18-19(8)9-4-5-10(13(20)22-3)11(7-9)21-2/h4-7H,1-3H3. The molecular formula is C14H13F3N2O3. The number of carbonyl (C=O) groups excluding carboxylic acids is 1. The summed E-state index contributed by atoms with van der Waals surface area (Å²) in [6.07, 6.45) is -4.52. The summed E-state index contributed by atoms with van der Waals surface area (Å²) in [5, 5.41) is 3.54. The van der Waals surface area contributed by atoms with Crippen LogP contribution in [0.1, 0.15) is 21.7 Å². The Bertz CT molecular complexity index is 708. The van der Waals surface area contributed by atoms with E-state index in [2.05, 4.69) is 9.84 Å². The van der Waals surface area contributed by atoms with Gasteiger partial charge in [0.05, 0.1) is 19.9 Å². The third-order valence-corrected chi connectivity index (χ3v) is 3.01.